The number of hydrogen-bond donors (Lipinski definition) is 0. The Hall–Kier alpha value is -0.730. The van der Waals surface area contributed by atoms with Crippen LogP contribution in [0, 0.1) is 0 Å². The fourth-order valence-electron chi connectivity index (χ4n) is 2.12. The molecule has 3 heteroatoms. The van der Waals surface area contributed by atoms with Crippen molar-refractivity contribution in [3.8, 4) is 5.75 Å². The molecule has 1 aromatic rings. The molecule has 3 atom stereocenters. The lowest BCUT2D eigenvalue weighted by molar-refractivity contribution is -0.0762. The van der Waals surface area contributed by atoms with E-state index in [-0.39, 0.29) is 17.6 Å². The van der Waals surface area contributed by atoms with Crippen molar-refractivity contribution in [3.63, 3.8) is 0 Å². The molecule has 17 heavy (non-hydrogen) atoms. The van der Waals surface area contributed by atoms with E-state index in [0.717, 1.165) is 18.6 Å². The third kappa shape index (κ3) is 2.75. The van der Waals surface area contributed by atoms with Gasteiger partial charge in [-0.25, -0.2) is 0 Å². The Morgan fingerprint density at radius 3 is 2.71 bits per heavy atom. The first-order valence-corrected chi connectivity index (χ1v) is 6.70. The lowest BCUT2D eigenvalue weighted by atomic mass is 9.90. The van der Waals surface area contributed by atoms with Gasteiger partial charge in [-0.05, 0) is 25.0 Å². The second-order valence-corrected chi connectivity index (χ2v) is 4.85. The highest BCUT2D eigenvalue weighted by atomic mass is 35.5. The largest absolute Gasteiger partial charge is 0.487 e. The highest BCUT2D eigenvalue weighted by molar-refractivity contribution is 6.21. The monoisotopic (exact) mass is 254 g/mol. The summed E-state index contributed by atoms with van der Waals surface area (Å²) in [6.45, 7) is 4.80. The fourth-order valence-corrected chi connectivity index (χ4v) is 2.53. The number of ether oxygens (including phenoxy) is 2. The zero-order chi connectivity index (χ0) is 12.3. The number of halogens is 1. The molecule has 0 amide bonds. The minimum Gasteiger partial charge on any atom is -0.487 e. The molecule has 2 rings (SSSR count). The average molecular weight is 255 g/mol. The molecule has 3 unspecified atom stereocenters. The van der Waals surface area contributed by atoms with Crippen LogP contribution in [0.4, 0.5) is 0 Å². The molecule has 94 valence electrons. The Balaban J connectivity index is 2.01. The van der Waals surface area contributed by atoms with Crippen LogP contribution in [0.3, 0.4) is 0 Å². The van der Waals surface area contributed by atoms with E-state index in [1.54, 1.807) is 0 Å². The molecule has 2 nitrogen and oxygen atoms in total. The zero-order valence-electron chi connectivity index (χ0n) is 10.4. The third-order valence-electron chi connectivity index (χ3n) is 3.17. The van der Waals surface area contributed by atoms with Crippen LogP contribution < -0.4 is 4.74 Å². The first kappa shape index (κ1) is 12.7. The Kier molecular flexibility index (Phi) is 4.30. The molecular weight excluding hydrogens is 236 g/mol. The zero-order valence-corrected chi connectivity index (χ0v) is 11.1. The Morgan fingerprint density at radius 1 is 1.29 bits per heavy atom. The van der Waals surface area contributed by atoms with Gasteiger partial charge in [0.15, 0.2) is 0 Å². The summed E-state index contributed by atoms with van der Waals surface area (Å²) in [6, 6.07) is 8.16. The number of rotatable bonds is 5. The first-order valence-electron chi connectivity index (χ1n) is 6.26. The Labute approximate surface area is 108 Å². The van der Waals surface area contributed by atoms with E-state index in [1.807, 2.05) is 25.1 Å². The summed E-state index contributed by atoms with van der Waals surface area (Å²) < 4.78 is 11.6. The number of hydrogen-bond acceptors (Lipinski definition) is 2. The van der Waals surface area contributed by atoms with Crippen molar-refractivity contribution in [2.24, 2.45) is 0 Å². The lowest BCUT2D eigenvalue weighted by Crippen LogP contribution is -2.52. The van der Waals surface area contributed by atoms with E-state index in [4.69, 9.17) is 21.1 Å². The molecular formula is C14H19ClO2. The molecule has 0 radical (unpaired) electrons. The summed E-state index contributed by atoms with van der Waals surface area (Å²) in [5.41, 5.74) is 1.24. The molecule has 0 heterocycles. The van der Waals surface area contributed by atoms with E-state index < -0.39 is 0 Å². The van der Waals surface area contributed by atoms with Gasteiger partial charge in [0, 0.05) is 13.0 Å². The minimum atomic E-state index is 0.0339. The van der Waals surface area contributed by atoms with Crippen LogP contribution >= 0.6 is 11.6 Å². The van der Waals surface area contributed by atoms with Crippen molar-refractivity contribution >= 4 is 11.6 Å². The fraction of sp³-hybridized carbons (Fsp3) is 0.571. The first-order chi connectivity index (χ1) is 8.26. The van der Waals surface area contributed by atoms with E-state index >= 15 is 0 Å². The third-order valence-corrected chi connectivity index (χ3v) is 3.60. The molecule has 1 aliphatic rings. The van der Waals surface area contributed by atoms with Gasteiger partial charge in [0.05, 0.1) is 5.38 Å². The van der Waals surface area contributed by atoms with Gasteiger partial charge in [-0.2, -0.15) is 0 Å². The quantitative estimate of drug-likeness (QED) is 0.750. The molecule has 1 aromatic carbocycles. The van der Waals surface area contributed by atoms with E-state index in [2.05, 4.69) is 13.0 Å². The van der Waals surface area contributed by atoms with Gasteiger partial charge < -0.3 is 9.47 Å². The maximum absolute atomic E-state index is 6.12. The van der Waals surface area contributed by atoms with Gasteiger partial charge in [0.25, 0.3) is 0 Å². The van der Waals surface area contributed by atoms with Crippen molar-refractivity contribution in [2.75, 3.05) is 6.61 Å². The lowest BCUT2D eigenvalue weighted by Gasteiger charge is -2.40. The van der Waals surface area contributed by atoms with Gasteiger partial charge in [-0.3, -0.25) is 0 Å². The molecule has 0 bridgehead atoms. The van der Waals surface area contributed by atoms with E-state index in [9.17, 15) is 0 Å². The smallest absolute Gasteiger partial charge is 0.128 e. The molecule has 1 fully saturated rings. The number of benzene rings is 1. The summed E-state index contributed by atoms with van der Waals surface area (Å²) in [4.78, 5) is 0. The van der Waals surface area contributed by atoms with Gasteiger partial charge in [0.1, 0.15) is 18.0 Å². The summed E-state index contributed by atoms with van der Waals surface area (Å²) in [7, 11) is 0. The van der Waals surface area contributed by atoms with Crippen LogP contribution in [-0.4, -0.2) is 24.2 Å². The average Bonchev–Trinajstić information content (AvgIpc) is 2.36. The molecule has 1 saturated carbocycles. The maximum Gasteiger partial charge on any atom is 0.128 e. The van der Waals surface area contributed by atoms with Gasteiger partial charge in [-0.15, -0.1) is 11.6 Å². The molecule has 0 saturated heterocycles. The van der Waals surface area contributed by atoms with Crippen molar-refractivity contribution in [1.29, 1.82) is 0 Å². The van der Waals surface area contributed by atoms with Crippen LogP contribution in [0.25, 0.3) is 0 Å². The molecule has 1 aliphatic carbocycles. The normalized spacial score (nSPS) is 27.6. The number of aryl methyl sites for hydroxylation is 1. The van der Waals surface area contributed by atoms with Crippen LogP contribution in [-0.2, 0) is 11.2 Å². The van der Waals surface area contributed by atoms with Gasteiger partial charge in [-0.1, -0.05) is 25.1 Å². The minimum absolute atomic E-state index is 0.0339. The van der Waals surface area contributed by atoms with Crippen molar-refractivity contribution < 1.29 is 9.47 Å². The highest BCUT2D eigenvalue weighted by Crippen LogP contribution is 2.34. The summed E-state index contributed by atoms with van der Waals surface area (Å²) in [5, 5.41) is 0.0914. The Bertz CT molecular complexity index is 367. The SMILES string of the molecule is CCOC1C(Cl)CC1Oc1ccccc1CC. The van der Waals surface area contributed by atoms with Gasteiger partial charge in [0.2, 0.25) is 0 Å². The van der Waals surface area contributed by atoms with Crippen LogP contribution in [0.15, 0.2) is 24.3 Å². The van der Waals surface area contributed by atoms with Crippen LogP contribution in [0.1, 0.15) is 25.8 Å². The standard InChI is InChI=1S/C14H19ClO2/c1-3-10-7-5-6-8-12(10)17-13-9-11(15)14(13)16-4-2/h5-8,11,13-14H,3-4,9H2,1-2H3. The van der Waals surface area contributed by atoms with Gasteiger partial charge >= 0.3 is 0 Å². The maximum atomic E-state index is 6.12. The Morgan fingerprint density at radius 2 is 2.06 bits per heavy atom. The second kappa shape index (κ2) is 5.74. The number of para-hydroxylation sites is 1. The molecule has 0 aliphatic heterocycles. The number of alkyl halides is 1. The van der Waals surface area contributed by atoms with Crippen LogP contribution in [0.5, 0.6) is 5.75 Å². The summed E-state index contributed by atoms with van der Waals surface area (Å²) >= 11 is 6.12. The predicted octanol–water partition coefficient (Wildman–Crippen LogP) is 3.41. The van der Waals surface area contributed by atoms with Crippen molar-refractivity contribution in [2.45, 2.75) is 44.3 Å². The molecule has 0 N–H and O–H groups in total. The highest BCUT2D eigenvalue weighted by Gasteiger charge is 2.42. The summed E-state index contributed by atoms with van der Waals surface area (Å²) in [6.07, 6.45) is 1.98. The van der Waals surface area contributed by atoms with E-state index in [1.165, 1.54) is 5.56 Å². The van der Waals surface area contributed by atoms with Crippen LogP contribution in [0.2, 0.25) is 0 Å². The summed E-state index contributed by atoms with van der Waals surface area (Å²) in [5.74, 6) is 0.966. The van der Waals surface area contributed by atoms with E-state index in [0.29, 0.717) is 6.61 Å². The molecule has 0 aromatic heterocycles. The van der Waals surface area contributed by atoms with Crippen molar-refractivity contribution in [1.82, 2.24) is 0 Å². The molecule has 0 spiro atoms. The predicted molar refractivity (Wildman–Crippen MR) is 69.9 cm³/mol. The second-order valence-electron chi connectivity index (χ2n) is 4.29. The topological polar surface area (TPSA) is 18.5 Å². The van der Waals surface area contributed by atoms with Crippen molar-refractivity contribution in [3.05, 3.63) is 29.8 Å².